The van der Waals surface area contributed by atoms with Crippen LogP contribution >= 0.6 is 0 Å². The highest BCUT2D eigenvalue weighted by Crippen LogP contribution is 2.31. The molecule has 4 aliphatic rings. The molecule has 1 unspecified atom stereocenters. The minimum absolute atomic E-state index is 0.0572. The Hall–Kier alpha value is -3.86. The van der Waals surface area contributed by atoms with E-state index >= 15 is 0 Å². The van der Waals surface area contributed by atoms with E-state index in [1.54, 1.807) is 11.0 Å². The maximum absolute atomic E-state index is 13.0. The van der Waals surface area contributed by atoms with Crippen molar-refractivity contribution < 1.29 is 28.6 Å². The van der Waals surface area contributed by atoms with Crippen LogP contribution in [0.15, 0.2) is 48.5 Å². The Morgan fingerprint density at radius 1 is 0.953 bits per heavy atom. The van der Waals surface area contributed by atoms with E-state index in [1.165, 1.54) is 5.56 Å². The van der Waals surface area contributed by atoms with Crippen LogP contribution in [-0.2, 0) is 38.8 Å². The highest BCUT2D eigenvalue weighted by molar-refractivity contribution is 6.05. The van der Waals surface area contributed by atoms with Crippen LogP contribution in [-0.4, -0.2) is 77.1 Å². The van der Waals surface area contributed by atoms with E-state index in [9.17, 15) is 14.4 Å². The summed E-state index contributed by atoms with van der Waals surface area (Å²) < 4.78 is 17.8. The number of nitrogens with zero attached hydrogens (tertiary/aromatic N) is 3. The van der Waals surface area contributed by atoms with Gasteiger partial charge in [-0.3, -0.25) is 29.6 Å². The summed E-state index contributed by atoms with van der Waals surface area (Å²) >= 11 is 0. The molecule has 3 saturated heterocycles. The summed E-state index contributed by atoms with van der Waals surface area (Å²) in [4.78, 5) is 45.6. The summed E-state index contributed by atoms with van der Waals surface area (Å²) in [5, 5.41) is 3.47. The lowest BCUT2D eigenvalue weighted by Crippen LogP contribution is -2.52. The average Bonchev–Trinajstić information content (AvgIpc) is 3.59. The number of carbonyl (C=O) groups excluding carboxylic acids is 3. The minimum atomic E-state index is -0.616. The molecule has 3 amide bonds. The van der Waals surface area contributed by atoms with Gasteiger partial charge in [-0.2, -0.15) is 0 Å². The normalized spacial score (nSPS) is 23.2. The smallest absolute Gasteiger partial charge is 0.255 e. The van der Waals surface area contributed by atoms with Gasteiger partial charge in [-0.1, -0.05) is 12.1 Å². The van der Waals surface area contributed by atoms with Crippen molar-refractivity contribution in [3.05, 3.63) is 70.9 Å². The molecule has 0 bridgehead atoms. The molecule has 43 heavy (non-hydrogen) atoms. The fourth-order valence-electron chi connectivity index (χ4n) is 6.55. The van der Waals surface area contributed by atoms with Gasteiger partial charge in [0.15, 0.2) is 0 Å². The number of aromatic nitrogens is 1. The minimum Gasteiger partial charge on any atom is -0.489 e. The van der Waals surface area contributed by atoms with E-state index in [1.807, 2.05) is 12.1 Å². The molecule has 3 aromatic rings. The summed E-state index contributed by atoms with van der Waals surface area (Å²) in [6.45, 7) is 5.00. The zero-order chi connectivity index (χ0) is 29.3. The zero-order valence-electron chi connectivity index (χ0n) is 24.1. The maximum atomic E-state index is 13.0. The lowest BCUT2D eigenvalue weighted by molar-refractivity contribution is -0.136. The molecular weight excluding hydrogens is 548 g/mol. The predicted octanol–water partition coefficient (Wildman–Crippen LogP) is 3.34. The van der Waals surface area contributed by atoms with Gasteiger partial charge in [-0.05, 0) is 73.2 Å². The first-order chi connectivity index (χ1) is 21.0. The number of nitrogens with one attached hydrogen (secondary N) is 1. The number of fused-ring (bicyclic) bond motifs is 2. The van der Waals surface area contributed by atoms with Crippen LogP contribution in [0, 0.1) is 0 Å². The number of likely N-dealkylation sites (tertiary alicyclic amines) is 1. The Morgan fingerprint density at radius 3 is 2.70 bits per heavy atom. The lowest BCUT2D eigenvalue weighted by atomic mass is 10.0. The summed E-state index contributed by atoms with van der Waals surface area (Å²) in [5.74, 6) is -0.126. The van der Waals surface area contributed by atoms with Crippen molar-refractivity contribution in [1.29, 1.82) is 0 Å². The van der Waals surface area contributed by atoms with Gasteiger partial charge in [-0.15, -0.1) is 0 Å². The van der Waals surface area contributed by atoms with Crippen molar-refractivity contribution in [2.75, 3.05) is 26.3 Å². The van der Waals surface area contributed by atoms with Crippen molar-refractivity contribution >= 4 is 28.6 Å². The molecular formula is C33H36N4O6. The largest absolute Gasteiger partial charge is 0.489 e. The predicted molar refractivity (Wildman–Crippen MR) is 157 cm³/mol. The standard InChI is InChI=1S/C33H36N4O6/c38-31-8-7-30(32(39)35-31)37-18-23-16-26(4-5-28(23)33(37)40)43-27-9-12-36(19-27)17-21-1-6-29-22(15-21)2-3-24(34-29)20-42-25-10-13-41-14-11-25/h1-6,15-16,25,27,30H,7-14,17-20H2,(H,35,38,39)/t27-,30?/m0/s1. The lowest BCUT2D eigenvalue weighted by Gasteiger charge is -2.29. The first-order valence-electron chi connectivity index (χ1n) is 15.2. The average molecular weight is 585 g/mol. The summed E-state index contributed by atoms with van der Waals surface area (Å²) in [5.41, 5.74) is 4.61. The summed E-state index contributed by atoms with van der Waals surface area (Å²) in [7, 11) is 0. The fourth-order valence-corrected chi connectivity index (χ4v) is 6.55. The van der Waals surface area contributed by atoms with Crippen LogP contribution in [0.25, 0.3) is 10.9 Å². The van der Waals surface area contributed by atoms with Crippen LogP contribution in [0.4, 0.5) is 0 Å². The second-order valence-corrected chi connectivity index (χ2v) is 11.9. The van der Waals surface area contributed by atoms with Gasteiger partial charge in [0, 0.05) is 56.8 Å². The third kappa shape index (κ3) is 6.13. The van der Waals surface area contributed by atoms with Crippen LogP contribution in [0.3, 0.4) is 0 Å². The highest BCUT2D eigenvalue weighted by atomic mass is 16.5. The molecule has 10 nitrogen and oxygen atoms in total. The van der Waals surface area contributed by atoms with E-state index in [0.29, 0.717) is 25.1 Å². The number of piperidine rings is 1. The van der Waals surface area contributed by atoms with Gasteiger partial charge in [0.1, 0.15) is 17.9 Å². The van der Waals surface area contributed by atoms with Crippen LogP contribution in [0.2, 0.25) is 0 Å². The van der Waals surface area contributed by atoms with Gasteiger partial charge in [0.2, 0.25) is 11.8 Å². The first kappa shape index (κ1) is 27.9. The molecule has 1 aromatic heterocycles. The number of amides is 3. The van der Waals surface area contributed by atoms with Crippen molar-refractivity contribution in [2.45, 2.75) is 70.1 Å². The molecule has 5 heterocycles. The Labute approximate surface area is 250 Å². The van der Waals surface area contributed by atoms with Crippen molar-refractivity contribution in [3.8, 4) is 5.75 Å². The second-order valence-electron chi connectivity index (χ2n) is 11.9. The van der Waals surface area contributed by atoms with E-state index in [0.717, 1.165) is 80.0 Å². The molecule has 0 saturated carbocycles. The van der Waals surface area contributed by atoms with Gasteiger partial charge >= 0.3 is 0 Å². The van der Waals surface area contributed by atoms with Crippen molar-refractivity contribution in [2.24, 2.45) is 0 Å². The number of ether oxygens (including phenoxy) is 3. The number of benzene rings is 2. The number of pyridine rings is 1. The van der Waals surface area contributed by atoms with Crippen molar-refractivity contribution in [1.82, 2.24) is 20.1 Å². The Balaban J connectivity index is 0.927. The third-order valence-corrected chi connectivity index (χ3v) is 8.88. The number of hydrogen-bond donors (Lipinski definition) is 1. The maximum Gasteiger partial charge on any atom is 0.255 e. The molecule has 1 N–H and O–H groups in total. The van der Waals surface area contributed by atoms with E-state index in [-0.39, 0.29) is 30.4 Å². The Bertz CT molecular complexity index is 1550. The van der Waals surface area contributed by atoms with E-state index in [4.69, 9.17) is 19.2 Å². The number of carbonyl (C=O) groups is 3. The van der Waals surface area contributed by atoms with Crippen LogP contribution in [0.1, 0.15) is 59.3 Å². The van der Waals surface area contributed by atoms with Gasteiger partial charge in [0.25, 0.3) is 5.91 Å². The van der Waals surface area contributed by atoms with Crippen LogP contribution in [0.5, 0.6) is 5.75 Å². The second kappa shape index (κ2) is 12.0. The Kier molecular flexibility index (Phi) is 7.81. The highest BCUT2D eigenvalue weighted by Gasteiger charge is 2.39. The molecule has 4 aliphatic heterocycles. The quantitative estimate of drug-likeness (QED) is 0.402. The molecule has 7 rings (SSSR count). The Morgan fingerprint density at radius 2 is 1.84 bits per heavy atom. The zero-order valence-corrected chi connectivity index (χ0v) is 24.1. The van der Waals surface area contributed by atoms with Crippen LogP contribution < -0.4 is 10.1 Å². The number of rotatable bonds is 8. The summed E-state index contributed by atoms with van der Waals surface area (Å²) in [6, 6.07) is 15.6. The van der Waals surface area contributed by atoms with Gasteiger partial charge in [-0.25, -0.2) is 0 Å². The molecule has 224 valence electrons. The molecule has 0 spiro atoms. The fraction of sp³-hybridized carbons (Fsp3) is 0.455. The molecule has 2 atom stereocenters. The molecule has 0 aliphatic carbocycles. The number of hydrogen-bond acceptors (Lipinski definition) is 8. The molecule has 2 aromatic carbocycles. The molecule has 0 radical (unpaired) electrons. The van der Waals surface area contributed by atoms with Gasteiger partial charge in [0.05, 0.1) is 23.9 Å². The van der Waals surface area contributed by atoms with Crippen molar-refractivity contribution in [3.63, 3.8) is 0 Å². The third-order valence-electron chi connectivity index (χ3n) is 8.88. The topological polar surface area (TPSA) is 110 Å². The summed E-state index contributed by atoms with van der Waals surface area (Å²) in [6.07, 6.45) is 3.71. The molecule has 3 fully saturated rings. The van der Waals surface area contributed by atoms with E-state index < -0.39 is 11.9 Å². The molecule has 10 heteroatoms. The van der Waals surface area contributed by atoms with E-state index in [2.05, 4.69) is 40.5 Å². The van der Waals surface area contributed by atoms with Gasteiger partial charge < -0.3 is 19.1 Å². The monoisotopic (exact) mass is 584 g/mol. The number of imide groups is 1. The first-order valence-corrected chi connectivity index (χ1v) is 15.2. The SMILES string of the molecule is O=C1CCC(N2Cc3cc(O[C@H]4CCN(Cc5ccc6nc(COC7CCOCC7)ccc6c5)C4)ccc3C2=O)C(=O)N1.